The number of benzene rings is 3. The predicted octanol–water partition coefficient (Wildman–Crippen LogP) is 4.65. The molecule has 0 bridgehead atoms. The van der Waals surface area contributed by atoms with Crippen LogP contribution in [0.2, 0.25) is 0 Å². The summed E-state index contributed by atoms with van der Waals surface area (Å²) in [5, 5.41) is 0. The van der Waals surface area contributed by atoms with Gasteiger partial charge in [-0.15, -0.1) is 0 Å². The Hall–Kier alpha value is -3.87. The van der Waals surface area contributed by atoms with Crippen LogP contribution in [0.25, 0.3) is 0 Å². The lowest BCUT2D eigenvalue weighted by molar-refractivity contribution is -0.140. The molecule has 3 aromatic rings. The Balaban J connectivity index is 1.37. The summed E-state index contributed by atoms with van der Waals surface area (Å²) < 4.78 is 31.6. The Morgan fingerprint density at radius 3 is 1.85 bits per heavy atom. The van der Waals surface area contributed by atoms with Gasteiger partial charge in [0.2, 0.25) is 0 Å². The summed E-state index contributed by atoms with van der Waals surface area (Å²) in [5.41, 5.74) is 1.11. The van der Waals surface area contributed by atoms with Crippen molar-refractivity contribution in [2.75, 3.05) is 13.1 Å². The Morgan fingerprint density at radius 2 is 1.27 bits per heavy atom. The fraction of sp³-hybridized carbons (Fsp3) is 0.192. The third-order valence-electron chi connectivity index (χ3n) is 5.57. The zero-order valence-corrected chi connectivity index (χ0v) is 17.7. The molecule has 0 spiro atoms. The highest BCUT2D eigenvalue weighted by Gasteiger charge is 2.30. The minimum absolute atomic E-state index is 0.218. The highest BCUT2D eigenvalue weighted by atomic mass is 19.1. The number of halogens is 2. The van der Waals surface area contributed by atoms with Gasteiger partial charge in [-0.1, -0.05) is 0 Å². The minimum atomic E-state index is -0.483. The first-order valence-corrected chi connectivity index (χ1v) is 10.6. The number of hydrogen-bond acceptors (Lipinski definition) is 4. The van der Waals surface area contributed by atoms with E-state index in [1.54, 1.807) is 17.0 Å². The molecule has 33 heavy (non-hydrogen) atoms. The van der Waals surface area contributed by atoms with E-state index in [-0.39, 0.29) is 24.0 Å². The highest BCUT2D eigenvalue weighted by molar-refractivity contribution is 6.09. The predicted molar refractivity (Wildman–Crippen MR) is 117 cm³/mol. The number of rotatable bonds is 5. The third-order valence-corrected chi connectivity index (χ3v) is 5.57. The fourth-order valence-electron chi connectivity index (χ4n) is 3.77. The third kappa shape index (κ3) is 5.31. The average Bonchev–Trinajstić information content (AvgIpc) is 2.84. The van der Waals surface area contributed by atoms with Gasteiger partial charge in [0.05, 0.1) is 5.92 Å². The molecule has 1 amide bonds. The van der Waals surface area contributed by atoms with Crippen LogP contribution >= 0.6 is 0 Å². The van der Waals surface area contributed by atoms with E-state index in [0.29, 0.717) is 36.1 Å². The second-order valence-corrected chi connectivity index (χ2v) is 7.88. The molecular formula is C26H21F2NO4. The Morgan fingerprint density at radius 1 is 0.758 bits per heavy atom. The van der Waals surface area contributed by atoms with Crippen LogP contribution < -0.4 is 4.74 Å². The van der Waals surface area contributed by atoms with Gasteiger partial charge in [0, 0.05) is 29.8 Å². The van der Waals surface area contributed by atoms with E-state index in [2.05, 4.69) is 0 Å². The van der Waals surface area contributed by atoms with E-state index in [1.165, 1.54) is 60.7 Å². The van der Waals surface area contributed by atoms with Gasteiger partial charge in [0.15, 0.2) is 5.78 Å². The van der Waals surface area contributed by atoms with Crippen molar-refractivity contribution in [1.29, 1.82) is 0 Å². The molecular weight excluding hydrogens is 428 g/mol. The van der Waals surface area contributed by atoms with Crippen LogP contribution in [0.5, 0.6) is 5.75 Å². The first-order valence-electron chi connectivity index (χ1n) is 10.6. The molecule has 0 saturated carbocycles. The molecule has 1 aliphatic rings. The SMILES string of the molecule is O=C(c1ccc(F)cc1)c1ccc(OC(=O)C2CCCN(C(=O)c3ccc(F)cc3)C2)cc1. The molecule has 168 valence electrons. The molecule has 0 aliphatic carbocycles. The quantitative estimate of drug-likeness (QED) is 0.323. The number of ketones is 1. The van der Waals surface area contributed by atoms with Crippen molar-refractivity contribution < 1.29 is 27.9 Å². The maximum absolute atomic E-state index is 13.1. The summed E-state index contributed by atoms with van der Waals surface area (Å²) in [7, 11) is 0. The molecule has 7 heteroatoms. The van der Waals surface area contributed by atoms with Gasteiger partial charge in [-0.2, -0.15) is 0 Å². The number of esters is 1. The van der Waals surface area contributed by atoms with Crippen molar-refractivity contribution in [3.8, 4) is 5.75 Å². The van der Waals surface area contributed by atoms with Crippen molar-refractivity contribution in [3.05, 3.63) is 101 Å². The number of piperidine rings is 1. The Bertz CT molecular complexity index is 1160. The number of hydrogen-bond donors (Lipinski definition) is 0. The monoisotopic (exact) mass is 449 g/mol. The summed E-state index contributed by atoms with van der Waals surface area (Å²) in [4.78, 5) is 39.4. The molecule has 0 radical (unpaired) electrons. The van der Waals surface area contributed by atoms with E-state index < -0.39 is 23.5 Å². The van der Waals surface area contributed by atoms with Crippen LogP contribution in [0.4, 0.5) is 8.78 Å². The number of likely N-dealkylation sites (tertiary alicyclic amines) is 1. The molecule has 0 N–H and O–H groups in total. The molecule has 0 aromatic heterocycles. The largest absolute Gasteiger partial charge is 0.426 e. The van der Waals surface area contributed by atoms with Crippen LogP contribution in [0.1, 0.15) is 39.1 Å². The first-order chi connectivity index (χ1) is 15.9. The van der Waals surface area contributed by atoms with Gasteiger partial charge >= 0.3 is 5.97 Å². The molecule has 1 saturated heterocycles. The number of ether oxygens (including phenoxy) is 1. The second kappa shape index (κ2) is 9.73. The van der Waals surface area contributed by atoms with Crippen molar-refractivity contribution in [2.24, 2.45) is 5.92 Å². The second-order valence-electron chi connectivity index (χ2n) is 7.88. The van der Waals surface area contributed by atoms with Crippen LogP contribution in [0.15, 0.2) is 72.8 Å². The number of amides is 1. The van der Waals surface area contributed by atoms with Crippen molar-refractivity contribution in [3.63, 3.8) is 0 Å². The first kappa shape index (κ1) is 22.3. The van der Waals surface area contributed by atoms with Crippen LogP contribution in [0, 0.1) is 17.6 Å². The van der Waals surface area contributed by atoms with Gasteiger partial charge < -0.3 is 9.64 Å². The standard InChI is InChI=1S/C26H21F2NO4/c27-21-9-3-17(4-10-21)24(30)18-7-13-23(14-8-18)33-26(32)20-2-1-15-29(16-20)25(31)19-5-11-22(28)12-6-19/h3-14,20H,1-2,15-16H2. The highest BCUT2D eigenvalue weighted by Crippen LogP contribution is 2.22. The molecule has 1 atom stereocenters. The van der Waals surface area contributed by atoms with E-state index in [4.69, 9.17) is 4.74 Å². The fourth-order valence-corrected chi connectivity index (χ4v) is 3.77. The molecule has 5 nitrogen and oxygen atoms in total. The maximum Gasteiger partial charge on any atom is 0.316 e. The normalized spacial score (nSPS) is 15.7. The van der Waals surface area contributed by atoms with Gasteiger partial charge in [0.1, 0.15) is 17.4 Å². The topological polar surface area (TPSA) is 63.7 Å². The summed E-state index contributed by atoms with van der Waals surface area (Å²) in [6.07, 6.45) is 1.24. The smallest absolute Gasteiger partial charge is 0.316 e. The zero-order chi connectivity index (χ0) is 23.4. The number of nitrogens with zero attached hydrogens (tertiary/aromatic N) is 1. The van der Waals surface area contributed by atoms with Gasteiger partial charge in [-0.3, -0.25) is 14.4 Å². The van der Waals surface area contributed by atoms with E-state index in [9.17, 15) is 23.2 Å². The van der Waals surface area contributed by atoms with Crippen LogP contribution in [0.3, 0.4) is 0 Å². The Kier molecular flexibility index (Phi) is 6.58. The Labute approximate surface area is 189 Å². The number of carbonyl (C=O) groups is 3. The summed E-state index contributed by atoms with van der Waals surface area (Å²) >= 11 is 0. The molecule has 1 unspecified atom stereocenters. The van der Waals surface area contributed by atoms with Crippen molar-refractivity contribution >= 4 is 17.7 Å². The van der Waals surface area contributed by atoms with Gasteiger partial charge in [-0.05, 0) is 85.6 Å². The van der Waals surface area contributed by atoms with Gasteiger partial charge in [0.25, 0.3) is 5.91 Å². The van der Waals surface area contributed by atoms with Crippen molar-refractivity contribution in [2.45, 2.75) is 12.8 Å². The minimum Gasteiger partial charge on any atom is -0.426 e. The molecule has 1 fully saturated rings. The van der Waals surface area contributed by atoms with E-state index >= 15 is 0 Å². The molecule has 1 aliphatic heterocycles. The van der Waals surface area contributed by atoms with E-state index in [0.717, 1.165) is 0 Å². The lowest BCUT2D eigenvalue weighted by Crippen LogP contribution is -2.43. The van der Waals surface area contributed by atoms with E-state index in [1.807, 2.05) is 0 Å². The maximum atomic E-state index is 13.1. The zero-order valence-electron chi connectivity index (χ0n) is 17.7. The molecule has 1 heterocycles. The van der Waals surface area contributed by atoms with Crippen molar-refractivity contribution in [1.82, 2.24) is 4.90 Å². The lowest BCUT2D eigenvalue weighted by Gasteiger charge is -2.31. The molecule has 4 rings (SSSR count). The van der Waals surface area contributed by atoms with Gasteiger partial charge in [-0.25, -0.2) is 8.78 Å². The summed E-state index contributed by atoms with van der Waals surface area (Å²) in [6.45, 7) is 0.733. The van der Waals surface area contributed by atoms with Crippen LogP contribution in [-0.4, -0.2) is 35.6 Å². The molecule has 3 aromatic carbocycles. The summed E-state index contributed by atoms with van der Waals surface area (Å²) in [6, 6.07) is 16.7. The summed E-state index contributed by atoms with van der Waals surface area (Å²) in [5.74, 6) is -2.01. The lowest BCUT2D eigenvalue weighted by atomic mass is 9.97. The average molecular weight is 449 g/mol. The number of carbonyl (C=O) groups excluding carboxylic acids is 3. The van der Waals surface area contributed by atoms with Crippen LogP contribution in [-0.2, 0) is 4.79 Å².